The highest BCUT2D eigenvalue weighted by Gasteiger charge is 2.19. The normalized spacial score (nSPS) is 12.5. The summed E-state index contributed by atoms with van der Waals surface area (Å²) in [4.78, 5) is 10.9. The molecule has 0 bridgehead atoms. The first kappa shape index (κ1) is 15.5. The minimum Gasteiger partial charge on any atom is -0.383 e. The van der Waals surface area contributed by atoms with Gasteiger partial charge < -0.3 is 20.1 Å². The Bertz CT molecular complexity index is 591. The molecule has 2 N–H and O–H groups in total. The molecule has 1 heterocycles. The van der Waals surface area contributed by atoms with Gasteiger partial charge >= 0.3 is 0 Å². The molecule has 21 heavy (non-hydrogen) atoms. The maximum atomic E-state index is 5.85. The van der Waals surface area contributed by atoms with E-state index in [2.05, 4.69) is 21.8 Å². The summed E-state index contributed by atoms with van der Waals surface area (Å²) in [6.45, 7) is 4.00. The first-order valence-corrected chi connectivity index (χ1v) is 6.94. The number of nitrogen functional groups attached to an aromatic ring is 1. The van der Waals surface area contributed by atoms with Crippen LogP contribution in [0.15, 0.2) is 24.3 Å². The predicted octanol–water partition coefficient (Wildman–Crippen LogP) is 1.70. The van der Waals surface area contributed by atoms with Gasteiger partial charge in [0.2, 0.25) is 5.95 Å². The summed E-state index contributed by atoms with van der Waals surface area (Å²) in [6.07, 6.45) is 0. The first-order valence-electron chi connectivity index (χ1n) is 6.94. The molecule has 6 nitrogen and oxygen atoms in total. The molecule has 2 rings (SSSR count). The highest BCUT2D eigenvalue weighted by Crippen LogP contribution is 2.26. The molecule has 1 atom stereocenters. The molecule has 1 aromatic carbocycles. The van der Waals surface area contributed by atoms with Crippen molar-refractivity contribution in [3.05, 3.63) is 24.3 Å². The fraction of sp³-hybridized carbons (Fsp3) is 0.467. The maximum Gasteiger partial charge on any atom is 0.222 e. The number of para-hydroxylation sites is 1. The van der Waals surface area contributed by atoms with Crippen molar-refractivity contribution in [2.75, 3.05) is 44.6 Å². The molecule has 0 radical (unpaired) electrons. The zero-order valence-electron chi connectivity index (χ0n) is 12.7. The lowest BCUT2D eigenvalue weighted by atomic mass is 10.2. The number of rotatable bonds is 7. The summed E-state index contributed by atoms with van der Waals surface area (Å²) in [5, 5.41) is 0.978. The van der Waals surface area contributed by atoms with Crippen LogP contribution in [-0.4, -0.2) is 50.0 Å². The molecular weight excluding hydrogens is 268 g/mol. The number of nitrogens with two attached hydrogens (primary N) is 1. The molecule has 0 fully saturated rings. The van der Waals surface area contributed by atoms with Crippen molar-refractivity contribution in [3.63, 3.8) is 0 Å². The summed E-state index contributed by atoms with van der Waals surface area (Å²) >= 11 is 0. The number of hydrogen-bond donors (Lipinski definition) is 1. The molecule has 2 aromatic rings. The van der Waals surface area contributed by atoms with E-state index in [9.17, 15) is 0 Å². The van der Waals surface area contributed by atoms with Gasteiger partial charge in [0.05, 0.1) is 24.8 Å². The summed E-state index contributed by atoms with van der Waals surface area (Å²) in [7, 11) is 3.38. The fourth-order valence-electron chi connectivity index (χ4n) is 2.35. The van der Waals surface area contributed by atoms with Crippen LogP contribution in [0.3, 0.4) is 0 Å². The van der Waals surface area contributed by atoms with Crippen molar-refractivity contribution < 1.29 is 9.47 Å². The van der Waals surface area contributed by atoms with Gasteiger partial charge in [-0.05, 0) is 19.1 Å². The van der Waals surface area contributed by atoms with Gasteiger partial charge in [-0.25, -0.2) is 4.98 Å². The average Bonchev–Trinajstić information content (AvgIpc) is 2.47. The second-order valence-corrected chi connectivity index (χ2v) is 4.91. The largest absolute Gasteiger partial charge is 0.383 e. The fourth-order valence-corrected chi connectivity index (χ4v) is 2.35. The number of anilines is 2. The van der Waals surface area contributed by atoms with E-state index in [-0.39, 0.29) is 12.0 Å². The van der Waals surface area contributed by atoms with Crippen LogP contribution in [0.1, 0.15) is 6.92 Å². The van der Waals surface area contributed by atoms with E-state index in [0.717, 1.165) is 16.7 Å². The van der Waals surface area contributed by atoms with Crippen LogP contribution in [0.4, 0.5) is 11.8 Å². The zero-order chi connectivity index (χ0) is 15.2. The SMILES string of the molecule is COCCN(c1nc(N)nc2ccccc12)C(C)COC. The maximum absolute atomic E-state index is 5.85. The Hall–Kier alpha value is -1.92. The Morgan fingerprint density at radius 3 is 2.67 bits per heavy atom. The number of ether oxygens (including phenoxy) is 2. The minimum atomic E-state index is 0.155. The molecule has 0 saturated carbocycles. The number of nitrogens with zero attached hydrogens (tertiary/aromatic N) is 3. The van der Waals surface area contributed by atoms with Gasteiger partial charge in [0, 0.05) is 26.2 Å². The summed E-state index contributed by atoms with van der Waals surface area (Å²) in [5.41, 5.74) is 6.69. The van der Waals surface area contributed by atoms with Gasteiger partial charge in [0.1, 0.15) is 5.82 Å². The van der Waals surface area contributed by atoms with Gasteiger partial charge in [-0.3, -0.25) is 0 Å². The van der Waals surface area contributed by atoms with Crippen molar-refractivity contribution in [2.24, 2.45) is 0 Å². The van der Waals surface area contributed by atoms with Crippen molar-refractivity contribution in [1.82, 2.24) is 9.97 Å². The molecular formula is C15H22N4O2. The Kier molecular flexibility index (Phi) is 5.30. The molecule has 6 heteroatoms. The topological polar surface area (TPSA) is 73.5 Å². The van der Waals surface area contributed by atoms with E-state index >= 15 is 0 Å². The lowest BCUT2D eigenvalue weighted by Crippen LogP contribution is -2.39. The Morgan fingerprint density at radius 1 is 1.19 bits per heavy atom. The van der Waals surface area contributed by atoms with Crippen LogP contribution in [0.5, 0.6) is 0 Å². The highest BCUT2D eigenvalue weighted by atomic mass is 16.5. The van der Waals surface area contributed by atoms with Crippen molar-refractivity contribution in [3.8, 4) is 0 Å². The molecule has 114 valence electrons. The first-order chi connectivity index (χ1) is 10.2. The van der Waals surface area contributed by atoms with Crippen molar-refractivity contribution in [1.29, 1.82) is 0 Å². The predicted molar refractivity (Wildman–Crippen MR) is 84.5 cm³/mol. The molecule has 0 amide bonds. The van der Waals surface area contributed by atoms with Gasteiger partial charge in [-0.2, -0.15) is 4.98 Å². The van der Waals surface area contributed by atoms with Crippen molar-refractivity contribution in [2.45, 2.75) is 13.0 Å². The Balaban J connectivity index is 2.47. The second kappa shape index (κ2) is 7.19. The average molecular weight is 290 g/mol. The van der Waals surface area contributed by atoms with E-state index in [0.29, 0.717) is 19.8 Å². The van der Waals surface area contributed by atoms with E-state index < -0.39 is 0 Å². The van der Waals surface area contributed by atoms with Crippen LogP contribution in [-0.2, 0) is 9.47 Å². The number of fused-ring (bicyclic) bond motifs is 1. The van der Waals surface area contributed by atoms with Crippen molar-refractivity contribution >= 4 is 22.7 Å². The standard InChI is InChI=1S/C15H22N4O2/c1-11(10-21-3)19(8-9-20-2)14-12-6-4-5-7-13(12)17-15(16)18-14/h4-7,11H,8-10H2,1-3H3,(H2,16,17,18). The number of hydrogen-bond acceptors (Lipinski definition) is 6. The monoisotopic (exact) mass is 290 g/mol. The molecule has 0 aliphatic rings. The number of aromatic nitrogens is 2. The molecule has 1 aromatic heterocycles. The summed E-state index contributed by atoms with van der Waals surface area (Å²) < 4.78 is 10.5. The van der Waals surface area contributed by atoms with E-state index in [1.165, 1.54) is 0 Å². The molecule has 0 aliphatic heterocycles. The quantitative estimate of drug-likeness (QED) is 0.836. The third-order valence-electron chi connectivity index (χ3n) is 3.35. The lowest BCUT2D eigenvalue weighted by Gasteiger charge is -2.30. The smallest absolute Gasteiger partial charge is 0.222 e. The van der Waals surface area contributed by atoms with Crippen LogP contribution < -0.4 is 10.6 Å². The number of benzene rings is 1. The Morgan fingerprint density at radius 2 is 1.95 bits per heavy atom. The Labute approximate surface area is 124 Å². The van der Waals surface area contributed by atoms with Crippen LogP contribution in [0, 0.1) is 0 Å². The van der Waals surface area contributed by atoms with E-state index in [1.807, 2.05) is 24.3 Å². The highest BCUT2D eigenvalue weighted by molar-refractivity contribution is 5.90. The van der Waals surface area contributed by atoms with E-state index in [4.69, 9.17) is 15.2 Å². The van der Waals surface area contributed by atoms with E-state index in [1.54, 1.807) is 14.2 Å². The van der Waals surface area contributed by atoms with Gasteiger partial charge in [-0.1, -0.05) is 12.1 Å². The van der Waals surface area contributed by atoms with Crippen LogP contribution >= 0.6 is 0 Å². The van der Waals surface area contributed by atoms with Crippen LogP contribution in [0.2, 0.25) is 0 Å². The van der Waals surface area contributed by atoms with Gasteiger partial charge in [0.15, 0.2) is 0 Å². The summed E-state index contributed by atoms with van der Waals surface area (Å²) in [5.74, 6) is 1.09. The summed E-state index contributed by atoms with van der Waals surface area (Å²) in [6, 6.07) is 8.01. The molecule has 0 saturated heterocycles. The minimum absolute atomic E-state index is 0.155. The second-order valence-electron chi connectivity index (χ2n) is 4.91. The molecule has 1 unspecified atom stereocenters. The number of methoxy groups -OCH3 is 2. The molecule has 0 aliphatic carbocycles. The van der Waals surface area contributed by atoms with Crippen LogP contribution in [0.25, 0.3) is 10.9 Å². The zero-order valence-corrected chi connectivity index (χ0v) is 12.7. The van der Waals surface area contributed by atoms with Gasteiger partial charge in [0.25, 0.3) is 0 Å². The third-order valence-corrected chi connectivity index (χ3v) is 3.35. The lowest BCUT2D eigenvalue weighted by molar-refractivity contribution is 0.170. The molecule has 0 spiro atoms. The third kappa shape index (κ3) is 3.59. The van der Waals surface area contributed by atoms with Gasteiger partial charge in [-0.15, -0.1) is 0 Å².